The van der Waals surface area contributed by atoms with Crippen molar-refractivity contribution < 1.29 is 18.4 Å². The van der Waals surface area contributed by atoms with Crippen molar-refractivity contribution in [3.8, 4) is 0 Å². The molecule has 70 valence electrons. The molecule has 0 aliphatic heterocycles. The van der Waals surface area contributed by atoms with E-state index in [4.69, 9.17) is 27.8 Å². The van der Waals surface area contributed by atoms with E-state index in [2.05, 4.69) is 4.52 Å². The minimum atomic E-state index is -2.35. The first-order chi connectivity index (χ1) is 6.18. The fourth-order valence-corrected chi connectivity index (χ4v) is 1.42. The Kier molecular flexibility index (Phi) is 4.39. The van der Waals surface area contributed by atoms with Crippen LogP contribution in [0.25, 0.3) is 0 Å². The van der Waals surface area contributed by atoms with Gasteiger partial charge in [-0.3, -0.25) is 0 Å². The Labute approximate surface area is 85.9 Å². The van der Waals surface area contributed by atoms with Gasteiger partial charge < -0.3 is 0 Å². The molecule has 0 fully saturated rings. The quantitative estimate of drug-likeness (QED) is 0.459. The summed E-state index contributed by atoms with van der Waals surface area (Å²) in [5.74, 6) is 0. The number of alkyl halides is 2. The summed E-state index contributed by atoms with van der Waals surface area (Å²) in [6.45, 7) is 0. The molecule has 0 saturated heterocycles. The van der Waals surface area contributed by atoms with E-state index < -0.39 is 13.3 Å². The molecule has 0 aromatic carbocycles. The van der Waals surface area contributed by atoms with Crippen LogP contribution in [0.1, 0.15) is 0 Å². The van der Waals surface area contributed by atoms with Gasteiger partial charge in [-0.2, -0.15) is 0 Å². The summed E-state index contributed by atoms with van der Waals surface area (Å²) in [6, 6.07) is 5.21. The van der Waals surface area contributed by atoms with Gasteiger partial charge in [0.2, 0.25) is 12.4 Å². The first-order valence-electron chi connectivity index (χ1n) is 3.25. The summed E-state index contributed by atoms with van der Waals surface area (Å²) in [5.41, 5.74) is 0. The van der Waals surface area contributed by atoms with E-state index >= 15 is 0 Å². The zero-order valence-electron chi connectivity index (χ0n) is 6.34. The summed E-state index contributed by atoms with van der Waals surface area (Å²) < 4.78 is 21.4. The van der Waals surface area contributed by atoms with Crippen LogP contribution in [0.5, 0.6) is 0 Å². The van der Waals surface area contributed by atoms with Crippen LogP contribution in [-0.2, 0) is 9.09 Å². The molecule has 1 aromatic heterocycles. The number of hydrogen-bond acceptors (Lipinski definition) is 3. The second-order valence-corrected chi connectivity index (χ2v) is 3.74. The first kappa shape index (κ1) is 10.7. The van der Waals surface area contributed by atoms with Gasteiger partial charge in [-0.25, -0.2) is 0 Å². The normalized spacial score (nSPS) is 11.5. The number of aromatic nitrogens is 1. The topological polar surface area (TPSA) is 39.4 Å². The number of pyridine rings is 1. The van der Waals surface area contributed by atoms with Crippen LogP contribution in [-0.4, -0.2) is 5.02 Å². The Morgan fingerprint density at radius 1 is 1.23 bits per heavy atom. The highest BCUT2D eigenvalue weighted by Crippen LogP contribution is 2.23. The van der Waals surface area contributed by atoms with Crippen LogP contribution in [0.3, 0.4) is 0 Å². The third kappa shape index (κ3) is 4.39. The van der Waals surface area contributed by atoms with Crippen molar-refractivity contribution in [2.75, 3.05) is 0 Å². The van der Waals surface area contributed by atoms with E-state index in [1.807, 2.05) is 0 Å². The first-order valence-corrected chi connectivity index (χ1v) is 5.22. The van der Waals surface area contributed by atoms with Gasteiger partial charge in [-0.1, -0.05) is 33.8 Å². The maximum absolute atomic E-state index is 10.9. The number of rotatable bonds is 4. The molecule has 0 aliphatic rings. The van der Waals surface area contributed by atoms with Crippen LogP contribution >= 0.6 is 31.5 Å². The number of nitrogens with zero attached hydrogens (tertiary/aromatic N) is 1. The summed E-state index contributed by atoms with van der Waals surface area (Å²) in [4.78, 5) is 0. The van der Waals surface area contributed by atoms with Gasteiger partial charge in [0.25, 0.3) is 5.02 Å². The maximum atomic E-state index is 10.9. The minimum absolute atomic E-state index is 1.16. The van der Waals surface area contributed by atoms with Crippen molar-refractivity contribution in [1.82, 2.24) is 0 Å². The Hall–Kier alpha value is -0.410. The Bertz CT molecular complexity index is 282. The molecular weight excluding hydrogens is 236 g/mol. The van der Waals surface area contributed by atoms with Crippen molar-refractivity contribution >= 4 is 31.5 Å². The lowest BCUT2D eigenvalue weighted by atomic mass is 10.5. The molecule has 1 unspecified atom stereocenters. The molecule has 13 heavy (non-hydrogen) atoms. The standard InChI is InChI=1S/C6H6Cl2NO3P/c7-6(8)11-13(10)12-9-4-2-1-3-5-9/h1-6H/q+2. The van der Waals surface area contributed by atoms with Gasteiger partial charge in [0, 0.05) is 21.3 Å². The smallest absolute Gasteiger partial charge is 0.0711 e. The molecule has 1 atom stereocenters. The highest BCUT2D eigenvalue weighted by molar-refractivity contribution is 7.33. The number of halogens is 2. The predicted molar refractivity (Wildman–Crippen MR) is 47.4 cm³/mol. The van der Waals surface area contributed by atoms with E-state index in [0.717, 1.165) is 0 Å². The van der Waals surface area contributed by atoms with Gasteiger partial charge in [0.15, 0.2) is 0 Å². The highest BCUT2D eigenvalue weighted by atomic mass is 35.5. The third-order valence-corrected chi connectivity index (χ3v) is 2.15. The molecule has 0 amide bonds. The predicted octanol–water partition coefficient (Wildman–Crippen LogP) is 1.84. The van der Waals surface area contributed by atoms with Crippen LogP contribution in [0, 0.1) is 0 Å². The lowest BCUT2D eigenvalue weighted by Crippen LogP contribution is -2.37. The molecule has 4 nitrogen and oxygen atoms in total. The molecule has 0 aliphatic carbocycles. The molecule has 0 radical (unpaired) electrons. The number of hydrogen-bond donors (Lipinski definition) is 0. The lowest BCUT2D eigenvalue weighted by molar-refractivity contribution is -0.858. The van der Waals surface area contributed by atoms with E-state index in [1.54, 1.807) is 30.6 Å². The van der Waals surface area contributed by atoms with E-state index in [1.165, 1.54) is 4.73 Å². The lowest BCUT2D eigenvalue weighted by Gasteiger charge is -1.85. The summed E-state index contributed by atoms with van der Waals surface area (Å²) in [6.07, 6.45) is 3.13. The van der Waals surface area contributed by atoms with E-state index in [-0.39, 0.29) is 0 Å². The molecule has 7 heteroatoms. The SMILES string of the molecule is O=[P+](OC(Cl)Cl)O[n+]1ccccc1. The summed E-state index contributed by atoms with van der Waals surface area (Å²) in [7, 11) is -2.35. The molecule has 1 rings (SSSR count). The third-order valence-electron chi connectivity index (χ3n) is 1.01. The zero-order chi connectivity index (χ0) is 9.68. The van der Waals surface area contributed by atoms with Crippen molar-refractivity contribution in [2.24, 2.45) is 0 Å². The van der Waals surface area contributed by atoms with Crippen LogP contribution in [0.15, 0.2) is 30.6 Å². The second kappa shape index (κ2) is 5.35. The van der Waals surface area contributed by atoms with Gasteiger partial charge in [-0.15, -0.1) is 0 Å². The van der Waals surface area contributed by atoms with Crippen molar-refractivity contribution in [3.05, 3.63) is 30.6 Å². The Morgan fingerprint density at radius 3 is 2.38 bits per heavy atom. The molecule has 0 bridgehead atoms. The minimum Gasteiger partial charge on any atom is -0.0711 e. The molecule has 0 saturated carbocycles. The second-order valence-electron chi connectivity index (χ2n) is 1.91. The molecular formula is C6H6Cl2NO3P+2. The zero-order valence-corrected chi connectivity index (χ0v) is 8.75. The maximum Gasteiger partial charge on any atom is 0.816 e. The van der Waals surface area contributed by atoms with Crippen molar-refractivity contribution in [3.63, 3.8) is 0 Å². The monoisotopic (exact) mass is 241 g/mol. The fraction of sp³-hybridized carbons (Fsp3) is 0.167. The molecule has 1 aromatic rings. The summed E-state index contributed by atoms with van der Waals surface area (Å²) in [5, 5.41) is -1.16. The van der Waals surface area contributed by atoms with E-state index in [9.17, 15) is 4.57 Å². The van der Waals surface area contributed by atoms with E-state index in [0.29, 0.717) is 0 Å². The van der Waals surface area contributed by atoms with Crippen molar-refractivity contribution in [1.29, 1.82) is 0 Å². The highest BCUT2D eigenvalue weighted by Gasteiger charge is 2.31. The van der Waals surface area contributed by atoms with Gasteiger partial charge in [0.1, 0.15) is 0 Å². The fourth-order valence-electron chi connectivity index (χ4n) is 0.599. The Balaban J connectivity index is 2.46. The van der Waals surface area contributed by atoms with Gasteiger partial charge >= 0.3 is 8.25 Å². The average molecular weight is 242 g/mol. The molecule has 0 spiro atoms. The molecule has 0 N–H and O–H groups in total. The summed E-state index contributed by atoms with van der Waals surface area (Å²) >= 11 is 10.4. The van der Waals surface area contributed by atoms with Crippen LogP contribution < -0.4 is 9.35 Å². The van der Waals surface area contributed by atoms with Crippen LogP contribution in [0.4, 0.5) is 0 Å². The largest absolute Gasteiger partial charge is 0.816 e. The van der Waals surface area contributed by atoms with Gasteiger partial charge in [-0.05, 0) is 0 Å². The van der Waals surface area contributed by atoms with Crippen molar-refractivity contribution in [2.45, 2.75) is 5.02 Å². The Morgan fingerprint density at radius 2 is 1.85 bits per heavy atom. The average Bonchev–Trinajstić information content (AvgIpc) is 2.04. The van der Waals surface area contributed by atoms with Gasteiger partial charge in [0.05, 0.1) is 4.73 Å². The van der Waals surface area contributed by atoms with Crippen LogP contribution in [0.2, 0.25) is 0 Å². The molecule has 1 heterocycles.